The third kappa shape index (κ3) is 4.13. The van der Waals surface area contributed by atoms with Gasteiger partial charge in [-0.15, -0.1) is 0 Å². The summed E-state index contributed by atoms with van der Waals surface area (Å²) in [6.45, 7) is 5.49. The number of para-hydroxylation sites is 1. The highest BCUT2D eigenvalue weighted by molar-refractivity contribution is 7.89. The summed E-state index contributed by atoms with van der Waals surface area (Å²) in [4.78, 5) is 19.0. The molecule has 156 valence electrons. The minimum atomic E-state index is -3.52. The Labute approximate surface area is 170 Å². The van der Waals surface area contributed by atoms with Gasteiger partial charge in [-0.1, -0.05) is 12.1 Å². The molecule has 1 atom stereocenters. The molecule has 4 rings (SSSR count). The lowest BCUT2D eigenvalue weighted by molar-refractivity contribution is -0.133. The molecule has 10 heteroatoms. The van der Waals surface area contributed by atoms with Gasteiger partial charge in [-0.2, -0.15) is 9.82 Å². The fourth-order valence-electron chi connectivity index (χ4n) is 4.08. The van der Waals surface area contributed by atoms with Gasteiger partial charge in [0.05, 0.1) is 18.4 Å². The van der Waals surface area contributed by atoms with E-state index in [1.807, 2.05) is 24.8 Å². The lowest BCUT2D eigenvalue weighted by Gasteiger charge is -2.39. The van der Waals surface area contributed by atoms with Crippen LogP contribution in [0.1, 0.15) is 30.9 Å². The number of nitrogens with one attached hydrogen (secondary N) is 2. The van der Waals surface area contributed by atoms with Crippen LogP contribution in [-0.2, 0) is 21.4 Å². The molecule has 2 aliphatic rings. The van der Waals surface area contributed by atoms with Gasteiger partial charge in [-0.3, -0.25) is 4.79 Å². The number of carbonyl (C=O) groups is 1. The van der Waals surface area contributed by atoms with Crippen molar-refractivity contribution in [2.45, 2.75) is 50.7 Å². The number of likely N-dealkylation sites (tertiary alicyclic amines) is 1. The number of rotatable bonds is 4. The molecule has 0 saturated carbocycles. The molecule has 1 fully saturated rings. The molecule has 0 bridgehead atoms. The summed E-state index contributed by atoms with van der Waals surface area (Å²) in [6.07, 6.45) is 1.52. The first-order chi connectivity index (χ1) is 13.8. The van der Waals surface area contributed by atoms with Crippen molar-refractivity contribution in [2.75, 3.05) is 18.4 Å². The lowest BCUT2D eigenvalue weighted by atomic mass is 9.93. The number of hydrogen-bond acceptors (Lipinski definition) is 6. The van der Waals surface area contributed by atoms with Crippen molar-refractivity contribution in [1.82, 2.24) is 24.4 Å². The zero-order valence-electron chi connectivity index (χ0n) is 16.6. The zero-order chi connectivity index (χ0) is 20.6. The van der Waals surface area contributed by atoms with Gasteiger partial charge in [0.1, 0.15) is 16.5 Å². The second-order valence-corrected chi connectivity index (χ2v) is 9.32. The van der Waals surface area contributed by atoms with Gasteiger partial charge in [-0.05, 0) is 44.7 Å². The molecule has 9 nitrogen and oxygen atoms in total. The molecular formula is C19H26N6O3S. The van der Waals surface area contributed by atoms with Gasteiger partial charge in [0.2, 0.25) is 15.9 Å². The lowest BCUT2D eigenvalue weighted by Crippen LogP contribution is -2.52. The van der Waals surface area contributed by atoms with Crippen LogP contribution in [0.2, 0.25) is 0 Å². The Morgan fingerprint density at radius 2 is 1.93 bits per heavy atom. The summed E-state index contributed by atoms with van der Waals surface area (Å²) >= 11 is 0. The summed E-state index contributed by atoms with van der Waals surface area (Å²) < 4.78 is 29.6. The number of nitrogens with zero attached hydrogens (tertiary/aromatic N) is 4. The van der Waals surface area contributed by atoms with E-state index < -0.39 is 10.0 Å². The Morgan fingerprint density at radius 3 is 2.62 bits per heavy atom. The van der Waals surface area contributed by atoms with Crippen LogP contribution in [-0.4, -0.2) is 53.2 Å². The van der Waals surface area contributed by atoms with Gasteiger partial charge in [0, 0.05) is 19.5 Å². The number of aromatic nitrogens is 3. The molecule has 2 aromatic rings. The van der Waals surface area contributed by atoms with E-state index in [1.54, 1.807) is 22.9 Å². The fraction of sp³-hybridized carbons (Fsp3) is 0.526. The molecule has 0 spiro atoms. The molecule has 0 radical (unpaired) electrons. The van der Waals surface area contributed by atoms with Crippen molar-refractivity contribution in [2.24, 2.45) is 5.92 Å². The van der Waals surface area contributed by atoms with Crippen LogP contribution in [0.5, 0.6) is 0 Å². The number of benzene rings is 1. The van der Waals surface area contributed by atoms with Crippen molar-refractivity contribution >= 4 is 21.6 Å². The van der Waals surface area contributed by atoms with Gasteiger partial charge in [0.15, 0.2) is 0 Å². The minimum absolute atomic E-state index is 0.0959. The van der Waals surface area contributed by atoms with E-state index in [9.17, 15) is 13.2 Å². The Balaban J connectivity index is 1.33. The predicted molar refractivity (Wildman–Crippen MR) is 108 cm³/mol. The van der Waals surface area contributed by atoms with E-state index in [-0.39, 0.29) is 22.9 Å². The Hall–Kier alpha value is -2.46. The number of anilines is 1. The van der Waals surface area contributed by atoms with Crippen molar-refractivity contribution in [3.63, 3.8) is 0 Å². The van der Waals surface area contributed by atoms with Crippen LogP contribution < -0.4 is 10.0 Å². The molecule has 2 aliphatic heterocycles. The number of sulfonamides is 1. The van der Waals surface area contributed by atoms with E-state index in [1.165, 1.54) is 0 Å². The quantitative estimate of drug-likeness (QED) is 0.774. The fourth-order valence-corrected chi connectivity index (χ4v) is 5.46. The molecule has 29 heavy (non-hydrogen) atoms. The number of hydrogen-bond donors (Lipinski definition) is 2. The van der Waals surface area contributed by atoms with Gasteiger partial charge >= 0.3 is 0 Å². The van der Waals surface area contributed by atoms with Crippen LogP contribution in [0.25, 0.3) is 0 Å². The second-order valence-electron chi connectivity index (χ2n) is 7.64. The minimum Gasteiger partial charge on any atom is -0.368 e. The number of aryl methyl sites for hydroxylation is 3. The highest BCUT2D eigenvalue weighted by Gasteiger charge is 2.35. The first kappa shape index (κ1) is 19.8. The molecule has 1 amide bonds. The van der Waals surface area contributed by atoms with Gasteiger partial charge in [-0.25, -0.2) is 18.1 Å². The summed E-state index contributed by atoms with van der Waals surface area (Å²) in [5.41, 5.74) is 0.633. The third-order valence-electron chi connectivity index (χ3n) is 5.63. The van der Waals surface area contributed by atoms with E-state index >= 15 is 0 Å². The maximum absolute atomic E-state index is 12.6. The number of fused-ring (bicyclic) bond motifs is 1. The van der Waals surface area contributed by atoms with Crippen LogP contribution in [0.15, 0.2) is 29.2 Å². The first-order valence-corrected chi connectivity index (χ1v) is 11.4. The Morgan fingerprint density at radius 1 is 1.21 bits per heavy atom. The highest BCUT2D eigenvalue weighted by atomic mass is 32.2. The number of amides is 1. The molecule has 1 aromatic heterocycles. The summed E-state index contributed by atoms with van der Waals surface area (Å²) in [5.74, 6) is 1.74. The summed E-state index contributed by atoms with van der Waals surface area (Å²) in [6, 6.07) is 6.92. The smallest absolute Gasteiger partial charge is 0.244 e. The number of carbonyl (C=O) groups excluding carboxylic acids is 1. The van der Waals surface area contributed by atoms with Crippen molar-refractivity contribution in [3.8, 4) is 0 Å². The van der Waals surface area contributed by atoms with Crippen LogP contribution in [0.4, 0.5) is 5.69 Å². The van der Waals surface area contributed by atoms with Gasteiger partial charge in [0.25, 0.3) is 0 Å². The molecule has 3 heterocycles. The van der Waals surface area contributed by atoms with Gasteiger partial charge < -0.3 is 10.2 Å². The topological polar surface area (TPSA) is 109 Å². The second kappa shape index (κ2) is 7.75. The largest absolute Gasteiger partial charge is 0.368 e. The Kier molecular flexibility index (Phi) is 5.30. The average molecular weight is 419 g/mol. The molecule has 0 aliphatic carbocycles. The molecule has 1 aromatic carbocycles. The average Bonchev–Trinajstić information content (AvgIpc) is 3.03. The van der Waals surface area contributed by atoms with Crippen molar-refractivity contribution < 1.29 is 13.2 Å². The molecule has 2 N–H and O–H groups in total. The van der Waals surface area contributed by atoms with Crippen molar-refractivity contribution in [3.05, 3.63) is 35.9 Å². The monoisotopic (exact) mass is 418 g/mol. The maximum Gasteiger partial charge on any atom is 0.244 e. The van der Waals surface area contributed by atoms with E-state index in [2.05, 4.69) is 20.1 Å². The molecule has 0 unspecified atom stereocenters. The van der Waals surface area contributed by atoms with E-state index in [0.717, 1.165) is 18.7 Å². The standard InChI is InChI=1S/C19H26N6O3S/c1-13-20-14(2)25(22-13)12-9-18(26)24-10-7-15(8-11-24)19-21-16-5-3-4-6-17(16)29(27,28)23-19/h3-6,15,19,21,23H,7-12H2,1-2H3/t19-/m1/s1. The zero-order valence-corrected chi connectivity index (χ0v) is 17.4. The van der Waals surface area contributed by atoms with E-state index in [0.29, 0.717) is 37.6 Å². The first-order valence-electron chi connectivity index (χ1n) is 9.87. The number of piperidine rings is 1. The third-order valence-corrected chi connectivity index (χ3v) is 7.13. The van der Waals surface area contributed by atoms with Crippen molar-refractivity contribution in [1.29, 1.82) is 0 Å². The Bertz CT molecular complexity index is 1010. The normalized spacial score (nSPS) is 21.4. The summed E-state index contributed by atoms with van der Waals surface area (Å²) in [5, 5.41) is 7.60. The maximum atomic E-state index is 12.6. The SMILES string of the molecule is Cc1nc(C)n(CCC(=O)N2CCC([C@@H]3Nc4ccccc4S(=O)(=O)N3)CC2)n1. The van der Waals surface area contributed by atoms with Crippen LogP contribution >= 0.6 is 0 Å². The van der Waals surface area contributed by atoms with Crippen LogP contribution in [0, 0.1) is 19.8 Å². The highest BCUT2D eigenvalue weighted by Crippen LogP contribution is 2.30. The van der Waals surface area contributed by atoms with E-state index in [4.69, 9.17) is 0 Å². The van der Waals surface area contributed by atoms with Crippen LogP contribution in [0.3, 0.4) is 0 Å². The molecular weight excluding hydrogens is 392 g/mol. The predicted octanol–water partition coefficient (Wildman–Crippen LogP) is 1.25. The summed E-state index contributed by atoms with van der Waals surface area (Å²) in [7, 11) is -3.52. The molecule has 1 saturated heterocycles.